The Morgan fingerprint density at radius 2 is 1.94 bits per heavy atom. The molecule has 0 bridgehead atoms. The Hall–Kier alpha value is -0.520. The maximum absolute atomic E-state index is 13.3. The molecule has 0 aliphatic rings. The average Bonchev–Trinajstić information content (AvgIpc) is 2.67. The van der Waals surface area contributed by atoms with E-state index in [1.807, 2.05) is 5.38 Å². The zero-order valence-corrected chi connectivity index (χ0v) is 11.8. The molecule has 1 heterocycles. The summed E-state index contributed by atoms with van der Waals surface area (Å²) in [5.41, 5.74) is 0.351. The van der Waals surface area contributed by atoms with Crippen LogP contribution in [0.5, 0.6) is 0 Å². The quantitative estimate of drug-likeness (QED) is 0.710. The van der Waals surface area contributed by atoms with Crippen LogP contribution < -0.4 is 0 Å². The lowest BCUT2D eigenvalue weighted by Gasteiger charge is -2.00. The van der Waals surface area contributed by atoms with Gasteiger partial charge in [-0.25, -0.2) is 4.39 Å². The van der Waals surface area contributed by atoms with Crippen molar-refractivity contribution in [3.8, 4) is 0 Å². The first-order valence-corrected chi connectivity index (χ1v) is 6.79. The van der Waals surface area contributed by atoms with Crippen LogP contribution in [0.15, 0.2) is 38.6 Å². The molecule has 16 heavy (non-hydrogen) atoms. The van der Waals surface area contributed by atoms with E-state index in [0.717, 1.165) is 4.47 Å². The Bertz CT molecular complexity index is 551. The van der Waals surface area contributed by atoms with Gasteiger partial charge >= 0.3 is 0 Å². The molecule has 0 N–H and O–H groups in total. The Morgan fingerprint density at radius 1 is 1.19 bits per heavy atom. The number of benzene rings is 1. The largest absolute Gasteiger partial charge is 0.288 e. The molecular weight excluding hydrogens is 359 g/mol. The summed E-state index contributed by atoms with van der Waals surface area (Å²) in [5, 5.41) is 1.81. The average molecular weight is 364 g/mol. The molecule has 2 rings (SSSR count). The molecular formula is C11H5Br2FOS. The number of rotatable bonds is 2. The van der Waals surface area contributed by atoms with Gasteiger partial charge in [0.25, 0.3) is 0 Å². The van der Waals surface area contributed by atoms with Crippen LogP contribution in [0.3, 0.4) is 0 Å². The van der Waals surface area contributed by atoms with Crippen molar-refractivity contribution in [3.63, 3.8) is 0 Å². The number of hydrogen-bond donors (Lipinski definition) is 0. The Balaban J connectivity index is 2.42. The van der Waals surface area contributed by atoms with Gasteiger partial charge in [-0.3, -0.25) is 4.79 Å². The van der Waals surface area contributed by atoms with Crippen LogP contribution in [0.25, 0.3) is 0 Å². The van der Waals surface area contributed by atoms with Gasteiger partial charge in [0.15, 0.2) is 0 Å². The zero-order valence-electron chi connectivity index (χ0n) is 7.84. The fourth-order valence-corrected chi connectivity index (χ4v) is 2.98. The van der Waals surface area contributed by atoms with E-state index >= 15 is 0 Å². The molecule has 2 aromatic rings. The predicted molar refractivity (Wildman–Crippen MR) is 69.6 cm³/mol. The van der Waals surface area contributed by atoms with Gasteiger partial charge in [-0.1, -0.05) is 0 Å². The minimum Gasteiger partial charge on any atom is -0.288 e. The van der Waals surface area contributed by atoms with Crippen LogP contribution in [0.4, 0.5) is 4.39 Å². The maximum atomic E-state index is 13.3. The van der Waals surface area contributed by atoms with E-state index in [2.05, 4.69) is 31.9 Å². The van der Waals surface area contributed by atoms with Gasteiger partial charge in [-0.2, -0.15) is 0 Å². The van der Waals surface area contributed by atoms with Gasteiger partial charge in [0.1, 0.15) is 5.82 Å². The van der Waals surface area contributed by atoms with E-state index in [1.165, 1.54) is 23.5 Å². The van der Waals surface area contributed by atoms with E-state index in [9.17, 15) is 9.18 Å². The second-order valence-electron chi connectivity index (χ2n) is 3.06. The standard InChI is InChI=1S/C11H5Br2FOS/c12-7-2-1-6(5-9(7)14)10(15)11-8(13)3-4-16-11/h1-5H. The molecule has 0 radical (unpaired) electrons. The van der Waals surface area contributed by atoms with Crippen molar-refractivity contribution in [2.75, 3.05) is 0 Å². The van der Waals surface area contributed by atoms with Crippen LogP contribution in [-0.2, 0) is 0 Å². The lowest BCUT2D eigenvalue weighted by molar-refractivity contribution is 0.104. The van der Waals surface area contributed by atoms with Crippen LogP contribution in [0, 0.1) is 5.82 Å². The fraction of sp³-hybridized carbons (Fsp3) is 0. The highest BCUT2D eigenvalue weighted by molar-refractivity contribution is 9.10. The van der Waals surface area contributed by atoms with Gasteiger partial charge in [0.2, 0.25) is 5.78 Å². The number of halogens is 3. The molecule has 0 amide bonds. The molecule has 0 unspecified atom stereocenters. The number of hydrogen-bond acceptors (Lipinski definition) is 2. The maximum Gasteiger partial charge on any atom is 0.204 e. The molecule has 1 aromatic carbocycles. The van der Waals surface area contributed by atoms with Crippen molar-refractivity contribution in [2.45, 2.75) is 0 Å². The van der Waals surface area contributed by atoms with Crippen LogP contribution in [0.2, 0.25) is 0 Å². The number of carbonyl (C=O) groups excluding carboxylic acids is 1. The van der Waals surface area contributed by atoms with Gasteiger partial charge in [0, 0.05) is 10.0 Å². The zero-order chi connectivity index (χ0) is 11.7. The van der Waals surface area contributed by atoms with Crippen LogP contribution >= 0.6 is 43.2 Å². The summed E-state index contributed by atoms with van der Waals surface area (Å²) < 4.78 is 14.4. The monoisotopic (exact) mass is 362 g/mol. The molecule has 0 atom stereocenters. The Labute approximate surface area is 113 Å². The lowest BCUT2D eigenvalue weighted by Crippen LogP contribution is -2.00. The van der Waals surface area contributed by atoms with E-state index < -0.39 is 5.82 Å². The topological polar surface area (TPSA) is 17.1 Å². The first-order chi connectivity index (χ1) is 7.59. The molecule has 1 aromatic heterocycles. The van der Waals surface area contributed by atoms with Crippen LogP contribution in [-0.4, -0.2) is 5.78 Å². The highest BCUT2D eigenvalue weighted by atomic mass is 79.9. The summed E-state index contributed by atoms with van der Waals surface area (Å²) in [6.45, 7) is 0. The van der Waals surface area contributed by atoms with Crippen molar-refractivity contribution in [1.29, 1.82) is 0 Å². The molecule has 5 heteroatoms. The first kappa shape index (κ1) is 12.0. The summed E-state index contributed by atoms with van der Waals surface area (Å²) >= 11 is 7.66. The van der Waals surface area contributed by atoms with Gasteiger partial charge in [-0.15, -0.1) is 11.3 Å². The van der Waals surface area contributed by atoms with Crippen LogP contribution in [0.1, 0.15) is 15.2 Å². The summed E-state index contributed by atoms with van der Waals surface area (Å²) in [4.78, 5) is 12.6. The van der Waals surface area contributed by atoms with E-state index in [1.54, 1.807) is 12.1 Å². The molecule has 82 valence electrons. The molecule has 0 aliphatic heterocycles. The number of ketones is 1. The molecule has 0 saturated carbocycles. The second-order valence-corrected chi connectivity index (χ2v) is 5.68. The van der Waals surface area contributed by atoms with Crippen molar-refractivity contribution < 1.29 is 9.18 Å². The second kappa shape index (κ2) is 4.77. The lowest BCUT2D eigenvalue weighted by atomic mass is 10.1. The molecule has 0 spiro atoms. The van der Waals surface area contributed by atoms with Gasteiger partial charge < -0.3 is 0 Å². The van der Waals surface area contributed by atoms with Crippen molar-refractivity contribution in [1.82, 2.24) is 0 Å². The summed E-state index contributed by atoms with van der Waals surface area (Å²) in [5.74, 6) is -0.605. The molecule has 0 aliphatic carbocycles. The summed E-state index contributed by atoms with van der Waals surface area (Å²) in [7, 11) is 0. The minimum atomic E-state index is -0.432. The van der Waals surface area contributed by atoms with Gasteiger partial charge in [-0.05, 0) is 61.5 Å². The van der Waals surface area contributed by atoms with Crippen molar-refractivity contribution in [3.05, 3.63) is 54.8 Å². The van der Waals surface area contributed by atoms with Crippen molar-refractivity contribution >= 4 is 49.0 Å². The number of carbonyl (C=O) groups is 1. The third kappa shape index (κ3) is 2.26. The normalized spacial score (nSPS) is 10.4. The summed E-state index contributed by atoms with van der Waals surface area (Å²) in [6, 6.07) is 6.16. The Morgan fingerprint density at radius 3 is 2.50 bits per heavy atom. The van der Waals surface area contributed by atoms with E-state index in [-0.39, 0.29) is 5.78 Å². The molecule has 1 nitrogen and oxygen atoms in total. The third-order valence-corrected chi connectivity index (χ3v) is 4.48. The Kier molecular flexibility index (Phi) is 3.56. The smallest absolute Gasteiger partial charge is 0.204 e. The first-order valence-electron chi connectivity index (χ1n) is 4.32. The SMILES string of the molecule is O=C(c1ccc(Br)c(F)c1)c1sccc1Br. The predicted octanol–water partition coefficient (Wildman–Crippen LogP) is 4.64. The highest BCUT2D eigenvalue weighted by Gasteiger charge is 2.15. The molecule has 0 fully saturated rings. The third-order valence-electron chi connectivity index (χ3n) is 2.01. The van der Waals surface area contributed by atoms with Gasteiger partial charge in [0.05, 0.1) is 9.35 Å². The highest BCUT2D eigenvalue weighted by Crippen LogP contribution is 2.26. The van der Waals surface area contributed by atoms with E-state index in [4.69, 9.17) is 0 Å². The fourth-order valence-electron chi connectivity index (χ4n) is 1.22. The number of thiophene rings is 1. The molecule has 0 saturated heterocycles. The minimum absolute atomic E-state index is 0.173. The summed E-state index contributed by atoms with van der Waals surface area (Å²) in [6.07, 6.45) is 0. The van der Waals surface area contributed by atoms with E-state index in [0.29, 0.717) is 14.9 Å². The van der Waals surface area contributed by atoms with Crippen molar-refractivity contribution in [2.24, 2.45) is 0 Å².